The van der Waals surface area contributed by atoms with Gasteiger partial charge in [-0.25, -0.2) is 15.0 Å². The summed E-state index contributed by atoms with van der Waals surface area (Å²) in [6, 6.07) is 0. The highest BCUT2D eigenvalue weighted by molar-refractivity contribution is 5.52. The van der Waals surface area contributed by atoms with Crippen LogP contribution in [0.3, 0.4) is 0 Å². The third-order valence-electron chi connectivity index (χ3n) is 4.15. The summed E-state index contributed by atoms with van der Waals surface area (Å²) in [5.74, 6) is 3.05. The van der Waals surface area contributed by atoms with Crippen LogP contribution in [-0.2, 0) is 12.8 Å². The van der Waals surface area contributed by atoms with E-state index in [0.29, 0.717) is 5.92 Å². The van der Waals surface area contributed by atoms with Gasteiger partial charge in [0.25, 0.3) is 0 Å². The van der Waals surface area contributed by atoms with Gasteiger partial charge in [-0.05, 0) is 32.6 Å². The van der Waals surface area contributed by atoms with Crippen LogP contribution < -0.4 is 5.32 Å². The van der Waals surface area contributed by atoms with Gasteiger partial charge in [0, 0.05) is 24.2 Å². The van der Waals surface area contributed by atoms with E-state index in [1.807, 2.05) is 13.4 Å². The van der Waals surface area contributed by atoms with E-state index in [4.69, 9.17) is 4.98 Å². The summed E-state index contributed by atoms with van der Waals surface area (Å²) < 4.78 is 2.16. The molecule has 5 heteroatoms. The van der Waals surface area contributed by atoms with E-state index in [9.17, 15) is 0 Å². The molecule has 1 aliphatic carbocycles. The van der Waals surface area contributed by atoms with Crippen LogP contribution >= 0.6 is 0 Å². The second-order valence-corrected chi connectivity index (χ2v) is 6.00. The molecular weight excluding hydrogens is 262 g/mol. The average Bonchev–Trinajstić information content (AvgIpc) is 2.91. The van der Waals surface area contributed by atoms with Crippen LogP contribution in [-0.4, -0.2) is 26.6 Å². The number of aryl methyl sites for hydroxylation is 1. The molecule has 0 radical (unpaired) electrons. The highest BCUT2D eigenvalue weighted by atomic mass is 15.2. The molecule has 2 heterocycles. The molecule has 0 unspecified atom stereocenters. The van der Waals surface area contributed by atoms with Crippen molar-refractivity contribution < 1.29 is 0 Å². The molecule has 0 bridgehead atoms. The Bertz CT molecular complexity index is 657. The largest absolute Gasteiger partial charge is 0.373 e. The summed E-state index contributed by atoms with van der Waals surface area (Å²) in [4.78, 5) is 14.0. The summed E-state index contributed by atoms with van der Waals surface area (Å²) in [6.45, 7) is 6.31. The number of imidazole rings is 1. The predicted molar refractivity (Wildman–Crippen MR) is 84.2 cm³/mol. The fraction of sp³-hybridized carbons (Fsp3) is 0.562. The number of anilines is 1. The highest BCUT2D eigenvalue weighted by Crippen LogP contribution is 2.27. The third-order valence-corrected chi connectivity index (χ3v) is 4.15. The van der Waals surface area contributed by atoms with Crippen molar-refractivity contribution in [3.63, 3.8) is 0 Å². The van der Waals surface area contributed by atoms with Crippen molar-refractivity contribution in [2.45, 2.75) is 52.4 Å². The Morgan fingerprint density at radius 1 is 1.19 bits per heavy atom. The Hall–Kier alpha value is -1.91. The van der Waals surface area contributed by atoms with Crippen molar-refractivity contribution in [1.82, 2.24) is 19.5 Å². The molecular formula is C16H23N5. The van der Waals surface area contributed by atoms with Crippen molar-refractivity contribution in [2.24, 2.45) is 0 Å². The maximum absolute atomic E-state index is 4.80. The lowest BCUT2D eigenvalue weighted by molar-refractivity contribution is 0.651. The standard InChI is InChI=1S/C16H23N5/c1-10(2)14-19-15(17-4)11(3)16(20-14)21-9-18-12-7-5-6-8-13(12)21/h9-10H,5-8H2,1-4H3,(H,17,19,20). The van der Waals surface area contributed by atoms with E-state index in [1.54, 1.807) is 0 Å². The van der Waals surface area contributed by atoms with Gasteiger partial charge in [-0.1, -0.05) is 13.8 Å². The highest BCUT2D eigenvalue weighted by Gasteiger charge is 2.20. The maximum Gasteiger partial charge on any atom is 0.146 e. The molecule has 0 amide bonds. The topological polar surface area (TPSA) is 55.6 Å². The number of fused-ring (bicyclic) bond motifs is 1. The summed E-state index contributed by atoms with van der Waals surface area (Å²) >= 11 is 0. The van der Waals surface area contributed by atoms with Gasteiger partial charge in [0.1, 0.15) is 23.8 Å². The van der Waals surface area contributed by atoms with E-state index >= 15 is 0 Å². The number of nitrogens with zero attached hydrogens (tertiary/aromatic N) is 4. The lowest BCUT2D eigenvalue weighted by Gasteiger charge is -2.18. The Morgan fingerprint density at radius 3 is 2.67 bits per heavy atom. The van der Waals surface area contributed by atoms with Gasteiger partial charge in [-0.2, -0.15) is 0 Å². The summed E-state index contributed by atoms with van der Waals surface area (Å²) in [5.41, 5.74) is 3.63. The molecule has 0 atom stereocenters. The molecule has 112 valence electrons. The van der Waals surface area contributed by atoms with Gasteiger partial charge < -0.3 is 5.32 Å². The molecule has 1 aliphatic rings. The van der Waals surface area contributed by atoms with E-state index in [-0.39, 0.29) is 0 Å². The van der Waals surface area contributed by atoms with Gasteiger partial charge in [0.2, 0.25) is 0 Å². The fourth-order valence-electron chi connectivity index (χ4n) is 2.91. The fourth-order valence-corrected chi connectivity index (χ4v) is 2.91. The first kappa shape index (κ1) is 14.0. The molecule has 0 fully saturated rings. The number of hydrogen-bond acceptors (Lipinski definition) is 4. The van der Waals surface area contributed by atoms with Crippen molar-refractivity contribution in [2.75, 3.05) is 12.4 Å². The van der Waals surface area contributed by atoms with Crippen LogP contribution in [0.4, 0.5) is 5.82 Å². The zero-order valence-corrected chi connectivity index (χ0v) is 13.3. The van der Waals surface area contributed by atoms with Crippen LogP contribution in [0.15, 0.2) is 6.33 Å². The van der Waals surface area contributed by atoms with Gasteiger partial charge in [-0.15, -0.1) is 0 Å². The molecule has 1 N–H and O–H groups in total. The Labute approximate surface area is 125 Å². The monoisotopic (exact) mass is 285 g/mol. The zero-order valence-electron chi connectivity index (χ0n) is 13.3. The molecule has 2 aromatic rings. The molecule has 0 aromatic carbocycles. The first-order chi connectivity index (χ1) is 10.1. The quantitative estimate of drug-likeness (QED) is 0.942. The first-order valence-electron chi connectivity index (χ1n) is 7.73. The Kier molecular flexibility index (Phi) is 3.66. The minimum absolute atomic E-state index is 0.302. The van der Waals surface area contributed by atoms with E-state index < -0.39 is 0 Å². The summed E-state index contributed by atoms with van der Waals surface area (Å²) in [5, 5.41) is 3.19. The first-order valence-corrected chi connectivity index (χ1v) is 7.73. The smallest absolute Gasteiger partial charge is 0.146 e. The van der Waals surface area contributed by atoms with Crippen molar-refractivity contribution in [1.29, 1.82) is 0 Å². The van der Waals surface area contributed by atoms with Gasteiger partial charge in [-0.3, -0.25) is 4.57 Å². The molecule has 3 rings (SSSR count). The predicted octanol–water partition coefficient (Wildman–Crippen LogP) is 3.01. The van der Waals surface area contributed by atoms with Gasteiger partial charge in [0.15, 0.2) is 0 Å². The van der Waals surface area contributed by atoms with Crippen LogP contribution in [0.5, 0.6) is 0 Å². The van der Waals surface area contributed by atoms with Crippen molar-refractivity contribution in [3.05, 3.63) is 29.1 Å². The lowest BCUT2D eigenvalue weighted by Crippen LogP contribution is -2.13. The van der Waals surface area contributed by atoms with Crippen LogP contribution in [0, 0.1) is 6.92 Å². The van der Waals surface area contributed by atoms with Crippen LogP contribution in [0.1, 0.15) is 55.4 Å². The summed E-state index contributed by atoms with van der Waals surface area (Å²) in [7, 11) is 1.91. The molecule has 5 nitrogen and oxygen atoms in total. The summed E-state index contributed by atoms with van der Waals surface area (Å²) in [6.07, 6.45) is 6.58. The number of nitrogens with one attached hydrogen (secondary N) is 1. The minimum atomic E-state index is 0.302. The van der Waals surface area contributed by atoms with Crippen molar-refractivity contribution in [3.8, 4) is 5.82 Å². The molecule has 0 aliphatic heterocycles. The van der Waals surface area contributed by atoms with Crippen molar-refractivity contribution >= 4 is 5.82 Å². The molecule has 0 saturated heterocycles. The van der Waals surface area contributed by atoms with Crippen LogP contribution in [0.2, 0.25) is 0 Å². The molecule has 2 aromatic heterocycles. The normalized spacial score (nSPS) is 14.3. The van der Waals surface area contributed by atoms with E-state index in [0.717, 1.165) is 35.9 Å². The lowest BCUT2D eigenvalue weighted by atomic mass is 10.0. The number of rotatable bonds is 3. The molecule has 0 spiro atoms. The second-order valence-electron chi connectivity index (χ2n) is 6.00. The average molecular weight is 285 g/mol. The third kappa shape index (κ3) is 2.41. The second kappa shape index (κ2) is 5.47. The SMILES string of the molecule is CNc1nc(C(C)C)nc(-n2cnc3c2CCCC3)c1C. The van der Waals surface area contributed by atoms with Gasteiger partial charge >= 0.3 is 0 Å². The Morgan fingerprint density at radius 2 is 1.95 bits per heavy atom. The molecule has 21 heavy (non-hydrogen) atoms. The minimum Gasteiger partial charge on any atom is -0.373 e. The Balaban J connectivity index is 2.17. The number of aromatic nitrogens is 4. The number of hydrogen-bond donors (Lipinski definition) is 1. The van der Waals surface area contributed by atoms with Crippen LogP contribution in [0.25, 0.3) is 5.82 Å². The zero-order chi connectivity index (χ0) is 15.0. The van der Waals surface area contributed by atoms with E-state index in [2.05, 4.69) is 40.6 Å². The van der Waals surface area contributed by atoms with Gasteiger partial charge in [0.05, 0.1) is 5.69 Å². The maximum atomic E-state index is 4.80. The molecule has 0 saturated carbocycles. The van der Waals surface area contributed by atoms with E-state index in [1.165, 1.54) is 24.2 Å².